The summed E-state index contributed by atoms with van der Waals surface area (Å²) in [6.07, 6.45) is 0.406. The molecule has 0 aromatic heterocycles. The number of aliphatic carboxylic acids is 1. The van der Waals surface area contributed by atoms with Crippen molar-refractivity contribution >= 4 is 11.9 Å². The molecule has 1 aliphatic heterocycles. The van der Waals surface area contributed by atoms with E-state index in [0.717, 1.165) is 18.2 Å². The van der Waals surface area contributed by atoms with Crippen LogP contribution in [0.3, 0.4) is 0 Å². The lowest BCUT2D eigenvalue weighted by molar-refractivity contribution is -0.158. The number of morpholine rings is 1. The lowest BCUT2D eigenvalue weighted by Crippen LogP contribution is -2.53. The topological polar surface area (TPSA) is 66.8 Å². The molecule has 118 valence electrons. The zero-order chi connectivity index (χ0) is 15.9. The highest BCUT2D eigenvalue weighted by Gasteiger charge is 2.49. The Morgan fingerprint density at radius 3 is 2.82 bits per heavy atom. The Labute approximate surface area is 125 Å². The van der Waals surface area contributed by atoms with Crippen molar-refractivity contribution in [3.8, 4) is 0 Å². The van der Waals surface area contributed by atoms with Crippen LogP contribution in [0.2, 0.25) is 0 Å². The van der Waals surface area contributed by atoms with Gasteiger partial charge in [0.1, 0.15) is 11.6 Å². The van der Waals surface area contributed by atoms with Crippen LogP contribution >= 0.6 is 0 Å². The molecule has 3 unspecified atom stereocenters. The molecule has 1 N–H and O–H groups in total. The smallest absolute Gasteiger partial charge is 0.328 e. The van der Waals surface area contributed by atoms with E-state index in [2.05, 4.69) is 0 Å². The summed E-state index contributed by atoms with van der Waals surface area (Å²) >= 11 is 0. The molecule has 1 aliphatic carbocycles. The van der Waals surface area contributed by atoms with Crippen LogP contribution in [0.15, 0.2) is 18.2 Å². The van der Waals surface area contributed by atoms with E-state index >= 15 is 0 Å². The van der Waals surface area contributed by atoms with Crippen molar-refractivity contribution in [3.05, 3.63) is 35.4 Å². The number of carbonyl (C=O) groups is 2. The van der Waals surface area contributed by atoms with Crippen LogP contribution < -0.4 is 0 Å². The molecular weight excluding hydrogens is 296 g/mol. The summed E-state index contributed by atoms with van der Waals surface area (Å²) in [5.74, 6) is -3.42. The van der Waals surface area contributed by atoms with Gasteiger partial charge in [0.2, 0.25) is 5.91 Å². The van der Waals surface area contributed by atoms with E-state index in [0.29, 0.717) is 6.42 Å². The first kappa shape index (κ1) is 14.9. The number of carboxylic acids is 1. The fraction of sp³-hybridized carbons (Fsp3) is 0.467. The van der Waals surface area contributed by atoms with Crippen LogP contribution in [0.5, 0.6) is 0 Å². The molecular formula is C15H15F2NO4. The van der Waals surface area contributed by atoms with Crippen LogP contribution in [-0.4, -0.2) is 47.7 Å². The molecule has 0 spiro atoms. The Kier molecular flexibility index (Phi) is 3.82. The van der Waals surface area contributed by atoms with Crippen molar-refractivity contribution in [1.29, 1.82) is 0 Å². The number of benzene rings is 1. The van der Waals surface area contributed by atoms with Crippen molar-refractivity contribution < 1.29 is 28.2 Å². The van der Waals surface area contributed by atoms with E-state index in [9.17, 15) is 18.4 Å². The van der Waals surface area contributed by atoms with Gasteiger partial charge >= 0.3 is 5.97 Å². The monoisotopic (exact) mass is 311 g/mol. The van der Waals surface area contributed by atoms with E-state index in [1.54, 1.807) is 0 Å². The number of ether oxygens (including phenoxy) is 1. The Hall–Kier alpha value is -2.02. The molecule has 3 atom stereocenters. The minimum Gasteiger partial charge on any atom is -0.480 e. The van der Waals surface area contributed by atoms with Gasteiger partial charge in [0.05, 0.1) is 13.2 Å². The third kappa shape index (κ3) is 2.68. The van der Waals surface area contributed by atoms with Gasteiger partial charge in [-0.3, -0.25) is 4.79 Å². The van der Waals surface area contributed by atoms with Crippen LogP contribution in [0, 0.1) is 17.6 Å². The van der Waals surface area contributed by atoms with E-state index in [1.165, 1.54) is 4.90 Å². The van der Waals surface area contributed by atoms with Crippen molar-refractivity contribution in [2.75, 3.05) is 19.8 Å². The highest BCUT2D eigenvalue weighted by molar-refractivity contribution is 5.88. The zero-order valence-corrected chi connectivity index (χ0v) is 11.7. The molecule has 2 aliphatic rings. The van der Waals surface area contributed by atoms with E-state index in [-0.39, 0.29) is 37.1 Å². The number of halogens is 2. The molecule has 1 amide bonds. The van der Waals surface area contributed by atoms with Crippen molar-refractivity contribution in [2.45, 2.75) is 18.4 Å². The van der Waals surface area contributed by atoms with Gasteiger partial charge in [-0.2, -0.15) is 0 Å². The number of carboxylic acid groups (broad SMARTS) is 1. The number of rotatable bonds is 3. The second-order valence-electron chi connectivity index (χ2n) is 5.58. The summed E-state index contributed by atoms with van der Waals surface area (Å²) in [5, 5.41) is 9.14. The Bertz CT molecular complexity index is 622. The van der Waals surface area contributed by atoms with Crippen LogP contribution in [-0.2, 0) is 14.3 Å². The summed E-state index contributed by atoms with van der Waals surface area (Å²) in [7, 11) is 0. The van der Waals surface area contributed by atoms with Gasteiger partial charge in [-0.15, -0.1) is 0 Å². The van der Waals surface area contributed by atoms with Crippen LogP contribution in [0.1, 0.15) is 17.9 Å². The molecule has 0 radical (unpaired) electrons. The summed E-state index contributed by atoms with van der Waals surface area (Å²) < 4.78 is 32.1. The summed E-state index contributed by atoms with van der Waals surface area (Å²) in [6, 6.07) is 2.15. The zero-order valence-electron chi connectivity index (χ0n) is 11.7. The van der Waals surface area contributed by atoms with E-state index < -0.39 is 29.6 Å². The molecule has 1 aromatic carbocycles. The predicted molar refractivity (Wildman–Crippen MR) is 71.2 cm³/mol. The Balaban J connectivity index is 1.74. The fourth-order valence-corrected chi connectivity index (χ4v) is 2.90. The molecule has 5 nitrogen and oxygen atoms in total. The maximum atomic E-state index is 13.7. The van der Waals surface area contributed by atoms with Gasteiger partial charge < -0.3 is 14.7 Å². The fourth-order valence-electron chi connectivity index (χ4n) is 2.90. The summed E-state index contributed by atoms with van der Waals surface area (Å²) in [5.41, 5.74) is 0.179. The highest BCUT2D eigenvalue weighted by atomic mass is 19.1. The second kappa shape index (κ2) is 5.64. The third-order valence-electron chi connectivity index (χ3n) is 4.16. The highest BCUT2D eigenvalue weighted by Crippen LogP contribution is 2.49. The standard InChI is InChI=1S/C15H15F2NO4/c16-8-1-2-12(17)10(5-8)9-6-11(9)14(19)18-3-4-22-7-13(18)15(20)21/h1-2,5,9,11,13H,3-4,6-7H2,(H,20,21). The number of carbonyl (C=O) groups excluding carboxylic acids is 1. The maximum Gasteiger partial charge on any atom is 0.328 e. The predicted octanol–water partition coefficient (Wildman–Crippen LogP) is 1.38. The molecule has 3 rings (SSSR count). The summed E-state index contributed by atoms with van der Waals surface area (Å²) in [4.78, 5) is 24.9. The second-order valence-corrected chi connectivity index (χ2v) is 5.58. The van der Waals surface area contributed by atoms with Crippen molar-refractivity contribution in [3.63, 3.8) is 0 Å². The van der Waals surface area contributed by atoms with Gasteiger partial charge in [0.25, 0.3) is 0 Å². The normalized spacial score (nSPS) is 27.5. The quantitative estimate of drug-likeness (QED) is 0.916. The van der Waals surface area contributed by atoms with Crippen molar-refractivity contribution in [2.24, 2.45) is 5.92 Å². The maximum absolute atomic E-state index is 13.7. The third-order valence-corrected chi connectivity index (χ3v) is 4.16. The molecule has 1 saturated carbocycles. The number of nitrogens with zero attached hydrogens (tertiary/aromatic N) is 1. The molecule has 2 fully saturated rings. The van der Waals surface area contributed by atoms with Gasteiger partial charge in [0.15, 0.2) is 6.04 Å². The average molecular weight is 311 g/mol. The SMILES string of the molecule is O=C(O)C1COCCN1C(=O)C1CC1c1cc(F)ccc1F. The lowest BCUT2D eigenvalue weighted by atomic mass is 10.1. The van der Waals surface area contributed by atoms with Gasteiger partial charge in [-0.05, 0) is 36.1 Å². The van der Waals surface area contributed by atoms with Gasteiger partial charge in [0, 0.05) is 12.5 Å². The molecule has 1 aromatic rings. The first-order valence-corrected chi connectivity index (χ1v) is 7.05. The Morgan fingerprint density at radius 1 is 1.32 bits per heavy atom. The van der Waals surface area contributed by atoms with Crippen molar-refractivity contribution in [1.82, 2.24) is 4.90 Å². The largest absolute Gasteiger partial charge is 0.480 e. The minimum atomic E-state index is -1.12. The lowest BCUT2D eigenvalue weighted by Gasteiger charge is -2.33. The van der Waals surface area contributed by atoms with Gasteiger partial charge in [-0.1, -0.05) is 0 Å². The number of amides is 1. The number of hydrogen-bond acceptors (Lipinski definition) is 3. The van der Waals surface area contributed by atoms with E-state index in [1.807, 2.05) is 0 Å². The van der Waals surface area contributed by atoms with Gasteiger partial charge in [-0.25, -0.2) is 13.6 Å². The minimum absolute atomic E-state index is 0.0488. The first-order valence-electron chi connectivity index (χ1n) is 7.05. The summed E-state index contributed by atoms with van der Waals surface area (Å²) in [6.45, 7) is 0.429. The molecule has 7 heteroatoms. The average Bonchev–Trinajstić information content (AvgIpc) is 3.29. The van der Waals surface area contributed by atoms with Crippen LogP contribution in [0.4, 0.5) is 8.78 Å². The molecule has 0 bridgehead atoms. The van der Waals surface area contributed by atoms with E-state index in [4.69, 9.17) is 9.84 Å². The number of hydrogen-bond donors (Lipinski definition) is 1. The molecule has 1 heterocycles. The molecule has 22 heavy (non-hydrogen) atoms. The van der Waals surface area contributed by atoms with Crippen LogP contribution in [0.25, 0.3) is 0 Å². The Morgan fingerprint density at radius 2 is 2.09 bits per heavy atom. The molecule has 1 saturated heterocycles. The first-order chi connectivity index (χ1) is 10.5.